The second-order valence-electron chi connectivity index (χ2n) is 17.4. The van der Waals surface area contributed by atoms with Crippen molar-refractivity contribution in [2.45, 2.75) is 102 Å². The first-order chi connectivity index (χ1) is 28.4. The molecule has 9 rings (SSSR count). The summed E-state index contributed by atoms with van der Waals surface area (Å²) in [5.74, 6) is 1.77. The van der Waals surface area contributed by atoms with E-state index < -0.39 is 24.3 Å². The molecule has 2 aliphatic heterocycles. The number of imidazole rings is 2. The third-order valence-corrected chi connectivity index (χ3v) is 14.5. The fraction of sp³-hybridized carbons (Fsp3) is 0.500. The normalized spacial score (nSPS) is 24.4. The maximum absolute atomic E-state index is 14.0. The van der Waals surface area contributed by atoms with Gasteiger partial charge in [0, 0.05) is 22.3 Å². The van der Waals surface area contributed by atoms with Gasteiger partial charge in [-0.25, -0.2) is 19.6 Å². The number of carbonyl (C=O) groups is 4. The summed E-state index contributed by atoms with van der Waals surface area (Å²) in [6, 6.07) is 11.5. The van der Waals surface area contributed by atoms with Crippen LogP contribution in [0.3, 0.4) is 0 Å². The minimum absolute atomic E-state index is 0.0907. The number of hydrogen-bond acceptors (Lipinski definition) is 9. The highest BCUT2D eigenvalue weighted by Crippen LogP contribution is 2.52. The zero-order chi connectivity index (χ0) is 41.3. The van der Waals surface area contributed by atoms with Crippen molar-refractivity contribution in [1.29, 1.82) is 0 Å². The lowest BCUT2D eigenvalue weighted by atomic mass is 9.95. The van der Waals surface area contributed by atoms with Crippen LogP contribution in [0, 0.1) is 23.7 Å². The SMILES string of the molecule is COC(=O)N[C@H](C(=O)N1[C@H]2CC[C@H](C2)[C@H]1c1ncc(-c2ccc3c(ccc4cc(-c5cnc([C@@H]6[C@@H]7CC[C@@H](C7)N6C(=O)[C@@H](NC(=O)OC)C(C)C)[nH]5)sc43)c2)[nH]1)C(C)C. The van der Waals surface area contributed by atoms with E-state index in [4.69, 9.17) is 19.4 Å². The number of amides is 4. The number of fused-ring (bicyclic) bond motifs is 7. The minimum Gasteiger partial charge on any atom is -0.453 e. The van der Waals surface area contributed by atoms with E-state index in [1.54, 1.807) is 11.3 Å². The third-order valence-electron chi connectivity index (χ3n) is 13.3. The van der Waals surface area contributed by atoms with Crippen molar-refractivity contribution in [3.63, 3.8) is 0 Å². The van der Waals surface area contributed by atoms with Gasteiger partial charge in [-0.2, -0.15) is 0 Å². The number of H-pyrrole nitrogens is 2. The van der Waals surface area contributed by atoms with Gasteiger partial charge in [-0.1, -0.05) is 52.0 Å². The van der Waals surface area contributed by atoms with E-state index in [1.807, 2.05) is 49.9 Å². The van der Waals surface area contributed by atoms with Crippen molar-refractivity contribution in [3.8, 4) is 21.8 Å². The number of rotatable bonds is 10. The summed E-state index contributed by atoms with van der Waals surface area (Å²) in [6.45, 7) is 7.73. The lowest BCUT2D eigenvalue weighted by Crippen LogP contribution is -2.54. The molecule has 59 heavy (non-hydrogen) atoms. The fourth-order valence-corrected chi connectivity index (χ4v) is 11.6. The van der Waals surface area contributed by atoms with Crippen LogP contribution < -0.4 is 10.6 Å². The van der Waals surface area contributed by atoms with Gasteiger partial charge in [0.05, 0.1) is 55.0 Å². The van der Waals surface area contributed by atoms with Crippen LogP contribution in [-0.4, -0.2) is 92.1 Å². The Morgan fingerprint density at radius 1 is 0.712 bits per heavy atom. The van der Waals surface area contributed by atoms with Crippen molar-refractivity contribution < 1.29 is 28.7 Å². The summed E-state index contributed by atoms with van der Waals surface area (Å²) in [5, 5.41) is 8.92. The molecule has 14 nitrogen and oxygen atoms in total. The average Bonchev–Trinajstić information content (AvgIpc) is 4.10. The number of nitrogens with one attached hydrogen (secondary N) is 4. The Morgan fingerprint density at radius 3 is 1.78 bits per heavy atom. The molecule has 310 valence electrons. The lowest BCUT2D eigenvalue weighted by molar-refractivity contribution is -0.140. The maximum atomic E-state index is 14.0. The molecule has 2 aromatic carbocycles. The summed E-state index contributed by atoms with van der Waals surface area (Å²) in [7, 11) is 2.62. The third kappa shape index (κ3) is 6.80. The van der Waals surface area contributed by atoms with Crippen molar-refractivity contribution >= 4 is 56.2 Å². The van der Waals surface area contributed by atoms with Gasteiger partial charge in [-0.3, -0.25) is 9.59 Å². The first kappa shape index (κ1) is 39.0. The van der Waals surface area contributed by atoms with Crippen LogP contribution in [0.25, 0.3) is 42.7 Å². The molecule has 4 bridgehead atoms. The standard InChI is InChI=1S/C44H52N8O6S/c1-21(2)34(49-43(55)57-5)41(53)51-28-12-9-25(16-28)36(51)39-45-19-31(47-39)24-11-14-30-23(15-24)7-8-27-18-33(59-38(27)30)32-20-46-40(48-32)37-26-10-13-29(17-26)52(37)42(54)35(22(3)4)50-44(56)58-6/h7-8,11,14-15,18-22,25-26,28-29,34-37H,9-10,12-13,16-17H2,1-6H3,(H,45,47)(H,46,48)(H,49,55)(H,50,56)/t25-,26-,28+,29+,34+,35+,36+,37+/m1/s1. The number of aromatic nitrogens is 4. The minimum atomic E-state index is -0.687. The Morgan fingerprint density at radius 2 is 1.24 bits per heavy atom. The van der Waals surface area contributed by atoms with E-state index in [9.17, 15) is 19.2 Å². The summed E-state index contributed by atoms with van der Waals surface area (Å²) in [6.07, 6.45) is 8.36. The number of hydrogen-bond donors (Lipinski definition) is 4. The van der Waals surface area contributed by atoms with Crippen LogP contribution in [0.2, 0.25) is 0 Å². The number of alkyl carbamates (subject to hydrolysis) is 2. The second kappa shape index (κ2) is 15.3. The topological polar surface area (TPSA) is 175 Å². The van der Waals surface area contributed by atoms with Crippen molar-refractivity contribution in [1.82, 2.24) is 40.4 Å². The van der Waals surface area contributed by atoms with Gasteiger partial charge in [0.2, 0.25) is 11.8 Å². The molecule has 0 unspecified atom stereocenters. The second-order valence-corrected chi connectivity index (χ2v) is 18.5. The summed E-state index contributed by atoms with van der Waals surface area (Å²) < 4.78 is 10.9. The molecule has 15 heteroatoms. The first-order valence-corrected chi connectivity index (χ1v) is 21.7. The van der Waals surface area contributed by atoms with Gasteiger partial charge in [0.25, 0.3) is 0 Å². The molecule has 0 radical (unpaired) electrons. The zero-order valence-electron chi connectivity index (χ0n) is 34.3. The Hall–Kier alpha value is -5.44. The highest BCUT2D eigenvalue weighted by molar-refractivity contribution is 7.23. The number of likely N-dealkylation sites (tertiary alicyclic amines) is 2. The highest BCUT2D eigenvalue weighted by atomic mass is 32.1. The molecule has 5 aromatic rings. The van der Waals surface area contributed by atoms with E-state index in [0.29, 0.717) is 11.8 Å². The zero-order valence-corrected chi connectivity index (χ0v) is 35.1. The van der Waals surface area contributed by atoms with Crippen LogP contribution in [-0.2, 0) is 19.1 Å². The van der Waals surface area contributed by atoms with Crippen LogP contribution >= 0.6 is 11.3 Å². The van der Waals surface area contributed by atoms with E-state index in [1.165, 1.54) is 18.9 Å². The van der Waals surface area contributed by atoms with E-state index in [0.717, 1.165) is 88.2 Å². The number of aromatic amines is 2. The Bertz CT molecular complexity index is 2440. The van der Waals surface area contributed by atoms with Crippen LogP contribution in [0.5, 0.6) is 0 Å². The number of thiophene rings is 1. The van der Waals surface area contributed by atoms with Crippen LogP contribution in [0.1, 0.15) is 90.0 Å². The fourth-order valence-electron chi connectivity index (χ4n) is 10.4. The number of piperidine rings is 2. The van der Waals surface area contributed by atoms with Gasteiger partial charge in [0.15, 0.2) is 0 Å². The number of methoxy groups -OCH3 is 2. The first-order valence-electron chi connectivity index (χ1n) is 20.8. The Labute approximate surface area is 346 Å². The Balaban J connectivity index is 0.959. The predicted octanol–water partition coefficient (Wildman–Crippen LogP) is 7.70. The molecule has 2 saturated heterocycles. The molecular weight excluding hydrogens is 769 g/mol. The number of carbonyl (C=O) groups excluding carboxylic acids is 4. The van der Waals surface area contributed by atoms with Gasteiger partial charge in [-0.15, -0.1) is 11.3 Å². The van der Waals surface area contributed by atoms with Crippen molar-refractivity contribution in [3.05, 3.63) is 60.4 Å². The molecule has 3 aromatic heterocycles. The molecule has 4 N–H and O–H groups in total. The molecule has 4 aliphatic rings. The predicted molar refractivity (Wildman–Crippen MR) is 224 cm³/mol. The molecule has 0 spiro atoms. The van der Waals surface area contributed by atoms with Crippen LogP contribution in [0.4, 0.5) is 9.59 Å². The smallest absolute Gasteiger partial charge is 0.407 e. The molecule has 2 aliphatic carbocycles. The summed E-state index contributed by atoms with van der Waals surface area (Å²) in [5.41, 5.74) is 2.80. The summed E-state index contributed by atoms with van der Waals surface area (Å²) >= 11 is 1.71. The lowest BCUT2D eigenvalue weighted by Gasteiger charge is -2.37. The molecule has 4 fully saturated rings. The van der Waals surface area contributed by atoms with Gasteiger partial charge < -0.3 is 39.9 Å². The van der Waals surface area contributed by atoms with Gasteiger partial charge in [-0.05, 0) is 90.5 Å². The largest absolute Gasteiger partial charge is 0.453 e. The van der Waals surface area contributed by atoms with Gasteiger partial charge >= 0.3 is 12.2 Å². The van der Waals surface area contributed by atoms with E-state index in [-0.39, 0.29) is 47.8 Å². The van der Waals surface area contributed by atoms with E-state index in [2.05, 4.69) is 57.0 Å². The maximum Gasteiger partial charge on any atom is 0.407 e. The average molecular weight is 821 g/mol. The van der Waals surface area contributed by atoms with Crippen molar-refractivity contribution in [2.24, 2.45) is 23.7 Å². The highest BCUT2D eigenvalue weighted by Gasteiger charge is 2.53. The van der Waals surface area contributed by atoms with Crippen molar-refractivity contribution in [2.75, 3.05) is 14.2 Å². The van der Waals surface area contributed by atoms with Crippen LogP contribution in [0.15, 0.2) is 48.8 Å². The van der Waals surface area contributed by atoms with Gasteiger partial charge in [0.1, 0.15) is 23.7 Å². The number of benzene rings is 2. The Kier molecular flexibility index (Phi) is 10.1. The number of nitrogens with zero attached hydrogens (tertiary/aromatic N) is 4. The molecule has 2 saturated carbocycles. The molecule has 5 heterocycles. The molecule has 4 amide bonds. The monoisotopic (exact) mass is 820 g/mol. The summed E-state index contributed by atoms with van der Waals surface area (Å²) in [4.78, 5) is 74.3. The molecular formula is C44H52N8O6S. The molecule has 8 atom stereocenters. The van der Waals surface area contributed by atoms with E-state index >= 15 is 0 Å². The number of ether oxygens (including phenoxy) is 2. The quantitative estimate of drug-likeness (QED) is 0.111.